The SMILES string of the molecule is Cc1cc(=O)oc2cc(OCCl)ccc12. The molecule has 0 aliphatic rings. The van der Waals surface area contributed by atoms with Crippen LogP contribution in [0.1, 0.15) is 5.56 Å². The molecule has 2 aromatic rings. The molecule has 3 nitrogen and oxygen atoms in total. The Morgan fingerprint density at radius 1 is 1.40 bits per heavy atom. The first-order valence-electron chi connectivity index (χ1n) is 4.44. The average Bonchev–Trinajstić information content (AvgIpc) is 2.17. The molecule has 0 atom stereocenters. The Balaban J connectivity index is 2.65. The van der Waals surface area contributed by atoms with E-state index in [1.165, 1.54) is 6.07 Å². The molecule has 0 amide bonds. The molecule has 0 unspecified atom stereocenters. The van der Waals surface area contributed by atoms with Crippen molar-refractivity contribution in [3.8, 4) is 5.75 Å². The maximum Gasteiger partial charge on any atom is 0.336 e. The number of ether oxygens (including phenoxy) is 1. The molecule has 0 radical (unpaired) electrons. The van der Waals surface area contributed by atoms with Gasteiger partial charge in [-0.3, -0.25) is 0 Å². The highest BCUT2D eigenvalue weighted by Gasteiger charge is 2.03. The first-order chi connectivity index (χ1) is 7.20. The minimum atomic E-state index is -0.358. The maximum atomic E-state index is 11.1. The Morgan fingerprint density at radius 3 is 2.93 bits per heavy atom. The molecule has 0 aliphatic heterocycles. The number of halogens is 1. The Morgan fingerprint density at radius 2 is 2.20 bits per heavy atom. The third-order valence-electron chi connectivity index (χ3n) is 2.14. The standard InChI is InChI=1S/C11H9ClO3/c1-7-4-11(13)15-10-5-8(14-6-12)2-3-9(7)10/h2-5H,6H2,1H3. The van der Waals surface area contributed by atoms with Crippen molar-refractivity contribution in [3.05, 3.63) is 40.2 Å². The van der Waals surface area contributed by atoms with Crippen molar-refractivity contribution in [3.63, 3.8) is 0 Å². The van der Waals surface area contributed by atoms with Crippen molar-refractivity contribution < 1.29 is 9.15 Å². The molecule has 0 fully saturated rings. The molecule has 0 aliphatic carbocycles. The monoisotopic (exact) mass is 224 g/mol. The molecule has 0 N–H and O–H groups in total. The molecule has 15 heavy (non-hydrogen) atoms. The van der Waals surface area contributed by atoms with E-state index in [4.69, 9.17) is 20.8 Å². The third kappa shape index (κ3) is 1.97. The van der Waals surface area contributed by atoms with E-state index < -0.39 is 0 Å². The summed E-state index contributed by atoms with van der Waals surface area (Å²) in [4.78, 5) is 11.1. The van der Waals surface area contributed by atoms with E-state index in [1.54, 1.807) is 12.1 Å². The summed E-state index contributed by atoms with van der Waals surface area (Å²) in [5, 5.41) is 0.900. The van der Waals surface area contributed by atoms with Gasteiger partial charge < -0.3 is 9.15 Å². The van der Waals surface area contributed by atoms with E-state index in [-0.39, 0.29) is 11.7 Å². The van der Waals surface area contributed by atoms with Crippen molar-refractivity contribution in [1.29, 1.82) is 0 Å². The molecule has 0 saturated heterocycles. The van der Waals surface area contributed by atoms with Gasteiger partial charge in [-0.1, -0.05) is 11.6 Å². The smallest absolute Gasteiger partial charge is 0.336 e. The summed E-state index contributed by atoms with van der Waals surface area (Å²) in [5.41, 5.74) is 1.05. The molecule has 78 valence electrons. The van der Waals surface area contributed by atoms with Crippen LogP contribution in [0.5, 0.6) is 5.75 Å². The Labute approximate surface area is 91.2 Å². The molecule has 2 rings (SSSR count). The second-order valence-electron chi connectivity index (χ2n) is 3.16. The molecule has 4 heteroatoms. The fourth-order valence-electron chi connectivity index (χ4n) is 1.46. The highest BCUT2D eigenvalue weighted by atomic mass is 35.5. The predicted octanol–water partition coefficient (Wildman–Crippen LogP) is 2.68. The number of benzene rings is 1. The van der Waals surface area contributed by atoms with Crippen LogP contribution >= 0.6 is 11.6 Å². The van der Waals surface area contributed by atoms with Crippen LogP contribution in [0.15, 0.2) is 33.5 Å². The summed E-state index contributed by atoms with van der Waals surface area (Å²) in [6.07, 6.45) is 0. The summed E-state index contributed by atoms with van der Waals surface area (Å²) < 4.78 is 10.1. The minimum absolute atomic E-state index is 0.0710. The van der Waals surface area contributed by atoms with Gasteiger partial charge in [0.1, 0.15) is 11.3 Å². The average molecular weight is 225 g/mol. The molecule has 1 aromatic carbocycles. The molecule has 1 heterocycles. The van der Waals surface area contributed by atoms with Crippen molar-refractivity contribution in [2.24, 2.45) is 0 Å². The number of fused-ring (bicyclic) bond motifs is 1. The quantitative estimate of drug-likeness (QED) is 0.582. The van der Waals surface area contributed by atoms with Gasteiger partial charge in [-0.15, -0.1) is 0 Å². The van der Waals surface area contributed by atoms with Crippen LogP contribution in [0.2, 0.25) is 0 Å². The van der Waals surface area contributed by atoms with E-state index in [9.17, 15) is 4.79 Å². The third-order valence-corrected chi connectivity index (χ3v) is 2.25. The second kappa shape index (κ2) is 3.95. The Kier molecular flexibility index (Phi) is 2.64. The predicted molar refractivity (Wildman–Crippen MR) is 58.6 cm³/mol. The summed E-state index contributed by atoms with van der Waals surface area (Å²) in [6.45, 7) is 1.86. The lowest BCUT2D eigenvalue weighted by Crippen LogP contribution is -1.98. The van der Waals surface area contributed by atoms with Crippen LogP contribution in [0.3, 0.4) is 0 Å². The van der Waals surface area contributed by atoms with Crippen LogP contribution in [0.4, 0.5) is 0 Å². The van der Waals surface area contributed by atoms with Crippen molar-refractivity contribution in [2.45, 2.75) is 6.92 Å². The van der Waals surface area contributed by atoms with Gasteiger partial charge in [0.15, 0.2) is 6.07 Å². The normalized spacial score (nSPS) is 10.5. The van der Waals surface area contributed by atoms with E-state index >= 15 is 0 Å². The number of rotatable bonds is 2. The van der Waals surface area contributed by atoms with E-state index in [1.807, 2.05) is 13.0 Å². The molecule has 0 bridgehead atoms. The van der Waals surface area contributed by atoms with E-state index in [0.29, 0.717) is 11.3 Å². The summed E-state index contributed by atoms with van der Waals surface area (Å²) >= 11 is 5.44. The minimum Gasteiger partial charge on any atom is -0.478 e. The van der Waals surface area contributed by atoms with Crippen molar-refractivity contribution in [2.75, 3.05) is 6.07 Å². The highest BCUT2D eigenvalue weighted by Crippen LogP contribution is 2.22. The van der Waals surface area contributed by atoms with Crippen LogP contribution in [0, 0.1) is 6.92 Å². The Bertz CT molecular complexity index is 545. The summed E-state index contributed by atoms with van der Waals surface area (Å²) in [7, 11) is 0. The van der Waals surface area contributed by atoms with Gasteiger partial charge in [0.2, 0.25) is 0 Å². The first-order valence-corrected chi connectivity index (χ1v) is 4.97. The lowest BCUT2D eigenvalue weighted by molar-refractivity contribution is 0.387. The summed E-state index contributed by atoms with van der Waals surface area (Å²) in [5.74, 6) is 0.589. The summed E-state index contributed by atoms with van der Waals surface area (Å²) in [6, 6.07) is 6.82. The molecule has 1 aromatic heterocycles. The topological polar surface area (TPSA) is 39.4 Å². The Hall–Kier alpha value is -1.48. The zero-order valence-electron chi connectivity index (χ0n) is 8.12. The van der Waals surface area contributed by atoms with Gasteiger partial charge in [-0.05, 0) is 24.6 Å². The maximum absolute atomic E-state index is 11.1. The number of aryl methyl sites for hydroxylation is 1. The fourth-order valence-corrected chi connectivity index (χ4v) is 1.58. The molecular weight excluding hydrogens is 216 g/mol. The molecular formula is C11H9ClO3. The molecule has 0 saturated carbocycles. The van der Waals surface area contributed by atoms with Gasteiger partial charge in [0.05, 0.1) is 0 Å². The number of hydrogen-bond donors (Lipinski definition) is 0. The number of alkyl halides is 1. The van der Waals surface area contributed by atoms with Gasteiger partial charge in [-0.2, -0.15) is 0 Å². The zero-order valence-corrected chi connectivity index (χ0v) is 8.88. The zero-order chi connectivity index (χ0) is 10.8. The lowest BCUT2D eigenvalue weighted by Gasteiger charge is -2.04. The second-order valence-corrected chi connectivity index (χ2v) is 3.38. The van der Waals surface area contributed by atoms with Gasteiger partial charge in [0, 0.05) is 17.5 Å². The first kappa shape index (κ1) is 10.1. The van der Waals surface area contributed by atoms with Crippen LogP contribution in [-0.4, -0.2) is 6.07 Å². The molecule has 0 spiro atoms. The van der Waals surface area contributed by atoms with Crippen LogP contribution in [0.25, 0.3) is 11.0 Å². The van der Waals surface area contributed by atoms with Gasteiger partial charge in [-0.25, -0.2) is 4.79 Å². The largest absolute Gasteiger partial charge is 0.478 e. The van der Waals surface area contributed by atoms with Gasteiger partial charge >= 0.3 is 5.63 Å². The lowest BCUT2D eigenvalue weighted by atomic mass is 10.1. The fraction of sp³-hybridized carbons (Fsp3) is 0.182. The van der Waals surface area contributed by atoms with E-state index in [2.05, 4.69) is 0 Å². The van der Waals surface area contributed by atoms with Crippen molar-refractivity contribution in [1.82, 2.24) is 0 Å². The van der Waals surface area contributed by atoms with Gasteiger partial charge in [0.25, 0.3) is 0 Å². The van der Waals surface area contributed by atoms with Crippen molar-refractivity contribution >= 4 is 22.6 Å². The van der Waals surface area contributed by atoms with Crippen LogP contribution < -0.4 is 10.4 Å². The van der Waals surface area contributed by atoms with E-state index in [0.717, 1.165) is 10.9 Å². The number of hydrogen-bond acceptors (Lipinski definition) is 3. The highest BCUT2D eigenvalue weighted by molar-refractivity contribution is 6.17. The van der Waals surface area contributed by atoms with Crippen LogP contribution in [-0.2, 0) is 0 Å².